The van der Waals surface area contributed by atoms with Gasteiger partial charge in [-0.1, -0.05) is 97.1 Å². The molecule has 5 aromatic rings. The lowest BCUT2D eigenvalue weighted by molar-refractivity contribution is 0.0998. The van der Waals surface area contributed by atoms with E-state index in [0.29, 0.717) is 4.88 Å². The van der Waals surface area contributed by atoms with Crippen molar-refractivity contribution in [1.29, 1.82) is 0 Å². The highest BCUT2D eigenvalue weighted by Crippen LogP contribution is 2.47. The minimum atomic E-state index is -0.457. The number of hydrogen-bond donors (Lipinski definition) is 1. The minimum absolute atomic E-state index is 0.174. The molecular formula is C33H29FN2OS. The number of thiophene rings is 1. The second-order valence-electron chi connectivity index (χ2n) is 9.92. The van der Waals surface area contributed by atoms with Crippen LogP contribution >= 0.6 is 11.3 Å². The van der Waals surface area contributed by atoms with Gasteiger partial charge in [0.05, 0.1) is 10.4 Å². The van der Waals surface area contributed by atoms with Crippen LogP contribution in [0.25, 0.3) is 10.1 Å². The van der Waals surface area contributed by atoms with Gasteiger partial charge >= 0.3 is 0 Å². The fourth-order valence-electron chi connectivity index (χ4n) is 6.27. The summed E-state index contributed by atoms with van der Waals surface area (Å²) in [5.74, 6) is -0.557. The average molecular weight is 521 g/mol. The van der Waals surface area contributed by atoms with E-state index in [1.54, 1.807) is 6.07 Å². The number of piperidine rings is 1. The lowest BCUT2D eigenvalue weighted by Crippen LogP contribution is -2.51. The van der Waals surface area contributed by atoms with Gasteiger partial charge in [0.25, 0.3) is 5.91 Å². The molecule has 1 saturated heterocycles. The van der Waals surface area contributed by atoms with Crippen molar-refractivity contribution >= 4 is 27.3 Å². The molecule has 1 aliphatic heterocycles. The zero-order chi connectivity index (χ0) is 26.1. The van der Waals surface area contributed by atoms with E-state index < -0.39 is 11.4 Å². The highest BCUT2D eigenvalue weighted by Gasteiger charge is 2.43. The highest BCUT2D eigenvalue weighted by atomic mass is 32.1. The van der Waals surface area contributed by atoms with Gasteiger partial charge in [-0.15, -0.1) is 11.3 Å². The Labute approximate surface area is 226 Å². The summed E-state index contributed by atoms with van der Waals surface area (Å²) in [6.45, 7) is 1.67. The first kappa shape index (κ1) is 24.5. The normalized spacial score (nSPS) is 15.1. The molecule has 0 saturated carbocycles. The van der Waals surface area contributed by atoms with Gasteiger partial charge in [-0.25, -0.2) is 4.39 Å². The Balaban J connectivity index is 1.44. The van der Waals surface area contributed by atoms with E-state index >= 15 is 0 Å². The monoisotopic (exact) mass is 520 g/mol. The van der Waals surface area contributed by atoms with Gasteiger partial charge in [0, 0.05) is 17.8 Å². The second-order valence-corrected chi connectivity index (χ2v) is 11.0. The van der Waals surface area contributed by atoms with Crippen LogP contribution in [0.4, 0.5) is 4.39 Å². The molecular weight excluding hydrogens is 491 g/mol. The number of carbonyl (C=O) groups is 1. The Morgan fingerprint density at radius 2 is 1.29 bits per heavy atom. The summed E-state index contributed by atoms with van der Waals surface area (Å²) in [5.41, 5.74) is 10.0. The Kier molecular flexibility index (Phi) is 6.56. The Morgan fingerprint density at radius 1 is 0.789 bits per heavy atom. The van der Waals surface area contributed by atoms with Crippen molar-refractivity contribution < 1.29 is 9.18 Å². The number of benzene rings is 4. The van der Waals surface area contributed by atoms with Crippen molar-refractivity contribution in [2.24, 2.45) is 5.73 Å². The molecule has 0 radical (unpaired) electrons. The summed E-state index contributed by atoms with van der Waals surface area (Å²) in [7, 11) is 0. The van der Waals surface area contributed by atoms with Crippen molar-refractivity contribution in [3.63, 3.8) is 0 Å². The van der Waals surface area contributed by atoms with E-state index in [1.807, 2.05) is 0 Å². The molecule has 2 N–H and O–H groups in total. The van der Waals surface area contributed by atoms with Crippen molar-refractivity contribution in [3.8, 4) is 0 Å². The number of likely N-dealkylation sites (tertiary alicyclic amines) is 1. The minimum Gasteiger partial charge on any atom is -0.365 e. The molecule has 190 valence electrons. The summed E-state index contributed by atoms with van der Waals surface area (Å²) in [4.78, 5) is 15.6. The van der Waals surface area contributed by atoms with Crippen LogP contribution in [-0.4, -0.2) is 23.9 Å². The average Bonchev–Trinajstić information content (AvgIpc) is 3.35. The largest absolute Gasteiger partial charge is 0.365 e. The fourth-order valence-corrected chi connectivity index (χ4v) is 7.43. The molecule has 3 nitrogen and oxygen atoms in total. The van der Waals surface area contributed by atoms with Crippen LogP contribution in [0.2, 0.25) is 0 Å². The fraction of sp³-hybridized carbons (Fsp3) is 0.182. The van der Waals surface area contributed by atoms with Crippen LogP contribution in [0.5, 0.6) is 0 Å². The van der Waals surface area contributed by atoms with Gasteiger partial charge in [-0.3, -0.25) is 9.69 Å². The predicted molar refractivity (Wildman–Crippen MR) is 153 cm³/mol. The van der Waals surface area contributed by atoms with Gasteiger partial charge in [-0.05, 0) is 58.5 Å². The molecule has 0 bridgehead atoms. The summed E-state index contributed by atoms with van der Waals surface area (Å²) in [6, 6.07) is 37.0. The van der Waals surface area contributed by atoms with Crippen LogP contribution in [0.15, 0.2) is 109 Å². The molecule has 1 amide bonds. The number of nitrogens with two attached hydrogens (primary N) is 1. The van der Waals surface area contributed by atoms with Crippen LogP contribution in [0.1, 0.15) is 50.7 Å². The number of primary amides is 1. The lowest BCUT2D eigenvalue weighted by Gasteiger charge is -2.48. The third-order valence-corrected chi connectivity index (χ3v) is 9.05. The Morgan fingerprint density at radius 3 is 1.76 bits per heavy atom. The quantitative estimate of drug-likeness (QED) is 0.239. The van der Waals surface area contributed by atoms with Crippen LogP contribution in [-0.2, 0) is 5.54 Å². The van der Waals surface area contributed by atoms with E-state index in [0.717, 1.165) is 41.6 Å². The SMILES string of the molecule is NC(=O)c1sc2cc(F)ccc2c1C1CCN(C(c2ccccc2)(c2ccccc2)c2ccccc2)CC1. The van der Waals surface area contributed by atoms with E-state index in [2.05, 4.69) is 95.9 Å². The standard InChI is InChI=1S/C33H29FN2OS/c34-27-16-17-28-29(22-27)38-31(32(35)37)30(28)23-18-20-36(21-19-23)33(24-10-4-1-5-11-24,25-12-6-2-7-13-25)26-14-8-3-9-15-26/h1-17,22-23H,18-21H2,(H2,35,37). The summed E-state index contributed by atoms with van der Waals surface area (Å²) >= 11 is 1.31. The molecule has 1 aromatic heterocycles. The summed E-state index contributed by atoms with van der Waals surface area (Å²) in [5, 5.41) is 0.948. The van der Waals surface area contributed by atoms with Crippen LogP contribution in [0, 0.1) is 5.82 Å². The highest BCUT2D eigenvalue weighted by molar-refractivity contribution is 7.21. The Bertz CT molecular complexity index is 1460. The van der Waals surface area contributed by atoms with Gasteiger partial charge in [0.2, 0.25) is 0 Å². The molecule has 4 aromatic carbocycles. The van der Waals surface area contributed by atoms with E-state index in [4.69, 9.17) is 5.73 Å². The number of rotatable bonds is 6. The predicted octanol–water partition coefficient (Wildman–Crippen LogP) is 7.31. The molecule has 38 heavy (non-hydrogen) atoms. The number of carbonyl (C=O) groups excluding carboxylic acids is 1. The lowest BCUT2D eigenvalue weighted by atomic mass is 9.74. The number of amides is 1. The van der Waals surface area contributed by atoms with Gasteiger partial charge < -0.3 is 5.73 Å². The molecule has 0 aliphatic carbocycles. The maximum atomic E-state index is 14.0. The number of nitrogens with zero attached hydrogens (tertiary/aromatic N) is 1. The van der Waals surface area contributed by atoms with Crippen molar-refractivity contribution in [2.75, 3.05) is 13.1 Å². The zero-order valence-corrected chi connectivity index (χ0v) is 21.8. The third kappa shape index (κ3) is 4.12. The molecule has 0 atom stereocenters. The topological polar surface area (TPSA) is 46.3 Å². The number of fused-ring (bicyclic) bond motifs is 1. The second kappa shape index (κ2) is 10.2. The molecule has 1 aliphatic rings. The maximum absolute atomic E-state index is 14.0. The zero-order valence-electron chi connectivity index (χ0n) is 21.0. The van der Waals surface area contributed by atoms with Crippen LogP contribution < -0.4 is 5.73 Å². The van der Waals surface area contributed by atoms with E-state index in [-0.39, 0.29) is 11.7 Å². The molecule has 6 rings (SSSR count). The molecule has 5 heteroatoms. The smallest absolute Gasteiger partial charge is 0.259 e. The molecule has 2 heterocycles. The molecule has 0 spiro atoms. The van der Waals surface area contributed by atoms with Gasteiger partial charge in [-0.2, -0.15) is 0 Å². The summed E-state index contributed by atoms with van der Waals surface area (Å²) in [6.07, 6.45) is 1.75. The van der Waals surface area contributed by atoms with E-state index in [1.165, 1.54) is 40.2 Å². The first-order valence-electron chi connectivity index (χ1n) is 13.0. The summed E-state index contributed by atoms with van der Waals surface area (Å²) < 4.78 is 14.8. The molecule has 1 fully saturated rings. The molecule has 0 unspecified atom stereocenters. The van der Waals surface area contributed by atoms with Crippen LogP contribution in [0.3, 0.4) is 0 Å². The van der Waals surface area contributed by atoms with Crippen molar-refractivity contribution in [1.82, 2.24) is 4.90 Å². The van der Waals surface area contributed by atoms with Crippen molar-refractivity contribution in [3.05, 3.63) is 142 Å². The number of halogens is 1. The Hall–Kier alpha value is -3.80. The van der Waals surface area contributed by atoms with E-state index in [9.17, 15) is 9.18 Å². The third-order valence-electron chi connectivity index (χ3n) is 7.87. The van der Waals surface area contributed by atoms with Gasteiger partial charge in [0.15, 0.2) is 0 Å². The maximum Gasteiger partial charge on any atom is 0.259 e. The first-order chi connectivity index (χ1) is 18.6. The first-order valence-corrected chi connectivity index (χ1v) is 13.8. The van der Waals surface area contributed by atoms with Gasteiger partial charge in [0.1, 0.15) is 5.82 Å². The number of hydrogen-bond acceptors (Lipinski definition) is 3. The van der Waals surface area contributed by atoms with Crippen molar-refractivity contribution in [2.45, 2.75) is 24.3 Å².